The van der Waals surface area contributed by atoms with E-state index >= 15 is 0 Å². The van der Waals surface area contributed by atoms with Gasteiger partial charge in [0.2, 0.25) is 0 Å². The lowest BCUT2D eigenvalue weighted by molar-refractivity contribution is 0.0697. The van der Waals surface area contributed by atoms with Crippen LogP contribution in [0.4, 0.5) is 5.69 Å². The average molecular weight is 592 g/mol. The third-order valence-electron chi connectivity index (χ3n) is 6.78. The van der Waals surface area contributed by atoms with Crippen LogP contribution in [0.1, 0.15) is 36.0 Å². The number of aromatic hydroxyl groups is 1. The summed E-state index contributed by atoms with van der Waals surface area (Å²) >= 11 is 5.49. The number of fused-ring (bicyclic) bond motifs is 2. The van der Waals surface area contributed by atoms with E-state index in [4.69, 9.17) is 22.4 Å². The highest BCUT2D eigenvalue weighted by Gasteiger charge is 2.22. The van der Waals surface area contributed by atoms with Gasteiger partial charge in [0.15, 0.2) is 10.5 Å². The molecule has 2 aromatic carbocycles. The zero-order valence-electron chi connectivity index (χ0n) is 23.4. The van der Waals surface area contributed by atoms with Crippen molar-refractivity contribution in [2.45, 2.75) is 25.7 Å². The summed E-state index contributed by atoms with van der Waals surface area (Å²) in [6.07, 6.45) is 4.12. The molecule has 0 spiro atoms. The highest BCUT2D eigenvalue weighted by molar-refractivity contribution is 7.80. The predicted octanol–water partition coefficient (Wildman–Crippen LogP) is 3.95. The van der Waals surface area contributed by atoms with Gasteiger partial charge >= 0.3 is 5.97 Å². The molecule has 1 aliphatic heterocycles. The maximum Gasteiger partial charge on any atom is 0.336 e. The zero-order valence-corrected chi connectivity index (χ0v) is 24.2. The first kappa shape index (κ1) is 30.9. The van der Waals surface area contributed by atoms with E-state index in [1.807, 2.05) is 0 Å². The summed E-state index contributed by atoms with van der Waals surface area (Å²) in [5, 5.41) is 34.2. The molecule has 222 valence electrons. The number of nitrogens with one attached hydrogen (secondary N) is 4. The van der Waals surface area contributed by atoms with Gasteiger partial charge in [-0.15, -0.1) is 0 Å². The van der Waals surface area contributed by atoms with Crippen molar-refractivity contribution in [3.05, 3.63) is 70.4 Å². The Morgan fingerprint density at radius 3 is 2.33 bits per heavy atom. The Morgan fingerprint density at radius 1 is 0.857 bits per heavy atom. The Morgan fingerprint density at radius 2 is 1.60 bits per heavy atom. The van der Waals surface area contributed by atoms with Crippen molar-refractivity contribution in [3.63, 3.8) is 0 Å². The number of phenols is 1. The van der Waals surface area contributed by atoms with Crippen LogP contribution in [0.2, 0.25) is 0 Å². The van der Waals surface area contributed by atoms with Crippen molar-refractivity contribution in [3.8, 4) is 28.2 Å². The van der Waals surface area contributed by atoms with Gasteiger partial charge < -0.3 is 41.6 Å². The van der Waals surface area contributed by atoms with E-state index in [1.165, 1.54) is 30.3 Å². The van der Waals surface area contributed by atoms with E-state index in [1.54, 1.807) is 24.3 Å². The molecule has 0 fully saturated rings. The minimum absolute atomic E-state index is 0.0123. The van der Waals surface area contributed by atoms with Crippen LogP contribution in [0.5, 0.6) is 5.75 Å². The number of hydrogen-bond acceptors (Lipinski definition) is 8. The van der Waals surface area contributed by atoms with Gasteiger partial charge in [0.25, 0.3) is 0 Å². The van der Waals surface area contributed by atoms with Gasteiger partial charge in [0.1, 0.15) is 17.1 Å². The molecule has 0 bridgehead atoms. The molecule has 11 heteroatoms. The van der Waals surface area contributed by atoms with Crippen LogP contribution < -0.4 is 32.4 Å². The van der Waals surface area contributed by atoms with Crippen molar-refractivity contribution < 1.29 is 19.4 Å². The van der Waals surface area contributed by atoms with Crippen molar-refractivity contribution in [2.75, 3.05) is 44.6 Å². The minimum Gasteiger partial charge on any atom is -0.508 e. The first-order valence-corrected chi connectivity index (χ1v) is 14.5. The van der Waals surface area contributed by atoms with E-state index in [-0.39, 0.29) is 22.5 Å². The fraction of sp³-hybridized carbons (Fsp3) is 0.323. The lowest BCUT2D eigenvalue weighted by Crippen LogP contribution is -2.31. The second kappa shape index (κ2) is 15.3. The summed E-state index contributed by atoms with van der Waals surface area (Å²) in [5.74, 6) is -0.828. The number of thiocarbonyl (C=S) groups is 1. The normalized spacial score (nSPS) is 11.2. The number of nitrogens with two attached hydrogens (primary N) is 1. The Labute approximate surface area is 249 Å². The van der Waals surface area contributed by atoms with Crippen molar-refractivity contribution in [1.82, 2.24) is 16.0 Å². The molecular formula is C31H37N5O5S. The molecule has 4 rings (SSSR count). The van der Waals surface area contributed by atoms with Gasteiger partial charge in [-0.1, -0.05) is 0 Å². The van der Waals surface area contributed by atoms with Crippen LogP contribution in [0.15, 0.2) is 63.8 Å². The van der Waals surface area contributed by atoms with Crippen molar-refractivity contribution in [1.29, 1.82) is 0 Å². The van der Waals surface area contributed by atoms with Crippen molar-refractivity contribution >= 4 is 40.0 Å². The molecule has 0 aromatic heterocycles. The Hall–Kier alpha value is -4.03. The quantitative estimate of drug-likeness (QED) is 0.0609. The second-order valence-corrected chi connectivity index (χ2v) is 10.4. The van der Waals surface area contributed by atoms with Crippen LogP contribution in [0.3, 0.4) is 0 Å². The molecule has 0 amide bonds. The SMILES string of the molecule is NCCCNCCCCNCCCNC(=S)Nc1ccc(C(=O)O)c(-c2c3ccc(=O)cc-3oc3cc(O)ccc23)c1. The summed E-state index contributed by atoms with van der Waals surface area (Å²) in [5.41, 5.74) is 7.81. The van der Waals surface area contributed by atoms with E-state index in [9.17, 15) is 19.8 Å². The molecule has 2 aromatic rings. The number of carbonyl (C=O) groups is 1. The predicted molar refractivity (Wildman–Crippen MR) is 171 cm³/mol. The zero-order chi connectivity index (χ0) is 29.9. The summed E-state index contributed by atoms with van der Waals surface area (Å²) in [7, 11) is 0. The van der Waals surface area contributed by atoms with Gasteiger partial charge in [-0.2, -0.15) is 0 Å². The number of carboxylic acid groups (broad SMARTS) is 1. The third-order valence-corrected chi connectivity index (χ3v) is 7.03. The molecule has 10 nitrogen and oxygen atoms in total. The van der Waals surface area contributed by atoms with Crippen LogP contribution in [0.25, 0.3) is 33.4 Å². The van der Waals surface area contributed by atoms with Crippen LogP contribution in [-0.4, -0.2) is 60.6 Å². The molecule has 0 atom stereocenters. The van der Waals surface area contributed by atoms with E-state index in [2.05, 4.69) is 21.3 Å². The number of anilines is 1. The van der Waals surface area contributed by atoms with Crippen LogP contribution >= 0.6 is 12.2 Å². The van der Waals surface area contributed by atoms with E-state index in [0.717, 1.165) is 58.4 Å². The van der Waals surface area contributed by atoms with Gasteiger partial charge in [0.05, 0.1) is 5.56 Å². The number of rotatable bonds is 15. The first-order chi connectivity index (χ1) is 20.4. The smallest absolute Gasteiger partial charge is 0.336 e. The second-order valence-electron chi connectivity index (χ2n) is 9.96. The molecule has 0 saturated carbocycles. The molecule has 1 heterocycles. The van der Waals surface area contributed by atoms with Gasteiger partial charge in [-0.05, 0) is 119 Å². The number of hydrogen-bond donors (Lipinski definition) is 7. The lowest BCUT2D eigenvalue weighted by Gasteiger charge is -2.18. The molecule has 0 radical (unpaired) electrons. The Balaban J connectivity index is 1.42. The molecule has 42 heavy (non-hydrogen) atoms. The van der Waals surface area contributed by atoms with Crippen molar-refractivity contribution in [2.24, 2.45) is 5.73 Å². The Kier molecular flexibility index (Phi) is 11.2. The monoisotopic (exact) mass is 591 g/mol. The standard InChI is InChI=1S/C31H37N5O5S/c32-11-3-14-33-12-1-2-13-34-15-4-16-35-31(42)36-20-5-8-23(30(39)40)26(17-20)29-24-9-6-21(37)18-27(24)41-28-19-22(38)7-10-25(28)29/h5-10,17-19,33-34,37H,1-4,11-16,32H2,(H,39,40)(H2,35,36,42). The molecule has 2 aliphatic rings. The van der Waals surface area contributed by atoms with Gasteiger partial charge in [-0.3, -0.25) is 4.79 Å². The topological polar surface area (TPSA) is 162 Å². The fourth-order valence-electron chi connectivity index (χ4n) is 4.73. The molecular weight excluding hydrogens is 554 g/mol. The highest BCUT2D eigenvalue weighted by atomic mass is 32.1. The average Bonchev–Trinajstić information content (AvgIpc) is 2.96. The number of benzene rings is 3. The largest absolute Gasteiger partial charge is 0.508 e. The Bertz CT molecular complexity index is 1560. The fourth-order valence-corrected chi connectivity index (χ4v) is 4.95. The first-order valence-electron chi connectivity index (χ1n) is 14.1. The maximum absolute atomic E-state index is 12.3. The molecule has 0 saturated heterocycles. The van der Waals surface area contributed by atoms with E-state index < -0.39 is 5.97 Å². The van der Waals surface area contributed by atoms with Gasteiger partial charge in [0, 0.05) is 40.9 Å². The summed E-state index contributed by atoms with van der Waals surface area (Å²) < 4.78 is 5.91. The summed E-state index contributed by atoms with van der Waals surface area (Å²) in [6.45, 7) is 5.21. The molecule has 8 N–H and O–H groups in total. The number of phenolic OH excluding ortho intramolecular Hbond substituents is 1. The molecule has 1 aliphatic carbocycles. The van der Waals surface area contributed by atoms with Crippen LogP contribution in [0, 0.1) is 0 Å². The highest BCUT2D eigenvalue weighted by Crippen LogP contribution is 2.42. The number of aromatic carboxylic acids is 1. The lowest BCUT2D eigenvalue weighted by atomic mass is 9.90. The van der Waals surface area contributed by atoms with Crippen LogP contribution in [-0.2, 0) is 0 Å². The maximum atomic E-state index is 12.3. The summed E-state index contributed by atoms with van der Waals surface area (Å²) in [4.78, 5) is 24.3. The summed E-state index contributed by atoms with van der Waals surface area (Å²) in [6, 6.07) is 13.9. The molecule has 0 unspecified atom stereocenters. The minimum atomic E-state index is -1.10. The third kappa shape index (κ3) is 8.26. The van der Waals surface area contributed by atoms with E-state index in [0.29, 0.717) is 45.0 Å². The number of unbranched alkanes of at least 4 members (excludes halogenated alkanes) is 1. The van der Waals surface area contributed by atoms with Gasteiger partial charge in [-0.25, -0.2) is 4.79 Å². The number of carboxylic acids is 1.